The van der Waals surface area contributed by atoms with Crippen molar-refractivity contribution in [2.45, 2.75) is 12.1 Å². The van der Waals surface area contributed by atoms with E-state index in [2.05, 4.69) is 10.3 Å². The van der Waals surface area contributed by atoms with Crippen molar-refractivity contribution in [2.24, 2.45) is 4.99 Å². The highest BCUT2D eigenvalue weighted by Crippen LogP contribution is 2.36. The lowest BCUT2D eigenvalue weighted by atomic mass is 10.1. The summed E-state index contributed by atoms with van der Waals surface area (Å²) in [6.07, 6.45) is 0. The molecule has 0 saturated carbocycles. The number of amides is 1. The largest absolute Gasteiger partial charge is 0.497 e. The Balaban J connectivity index is 1.52. The fourth-order valence-electron chi connectivity index (χ4n) is 3.59. The number of fused-ring (bicyclic) bond motifs is 1. The summed E-state index contributed by atoms with van der Waals surface area (Å²) in [6.45, 7) is 0. The van der Waals surface area contributed by atoms with E-state index in [1.54, 1.807) is 31.4 Å². The number of nitrogens with one attached hydrogen (secondary N) is 1. The first-order chi connectivity index (χ1) is 14.3. The van der Waals surface area contributed by atoms with Crippen LogP contribution in [0.5, 0.6) is 5.75 Å². The Morgan fingerprint density at radius 3 is 2.83 bits per heavy atom. The molecule has 1 amide bonds. The Morgan fingerprint density at radius 1 is 1.27 bits per heavy atom. The van der Waals surface area contributed by atoms with Crippen molar-refractivity contribution >= 4 is 55.6 Å². The first-order valence-electron chi connectivity index (χ1n) is 9.24. The minimum atomic E-state index is -3.14. The number of carbonyl (C=O) groups excluding carboxylic acids is 1. The van der Waals surface area contributed by atoms with Gasteiger partial charge in [0.25, 0.3) is 0 Å². The molecule has 30 heavy (non-hydrogen) atoms. The molecule has 1 fully saturated rings. The van der Waals surface area contributed by atoms with Gasteiger partial charge in [-0.05, 0) is 30.3 Å². The van der Waals surface area contributed by atoms with E-state index in [9.17, 15) is 13.2 Å². The molecular weight excluding hydrogens is 446 g/mol. The molecule has 158 valence electrons. The molecule has 0 radical (unpaired) electrons. The third-order valence-corrected chi connectivity index (χ3v) is 7.78. The van der Waals surface area contributed by atoms with Gasteiger partial charge in [-0.15, -0.1) is 0 Å². The van der Waals surface area contributed by atoms with Crippen LogP contribution in [0.4, 0.5) is 11.4 Å². The summed E-state index contributed by atoms with van der Waals surface area (Å²) in [7, 11) is -1.56. The smallest absolute Gasteiger partial charge is 0.234 e. The lowest BCUT2D eigenvalue weighted by Gasteiger charge is -2.26. The van der Waals surface area contributed by atoms with E-state index < -0.39 is 9.84 Å². The molecule has 2 atom stereocenters. The highest BCUT2D eigenvalue weighted by Gasteiger charge is 2.47. The lowest BCUT2D eigenvalue weighted by Crippen LogP contribution is -2.39. The van der Waals surface area contributed by atoms with E-state index in [0.717, 1.165) is 5.69 Å². The number of methoxy groups -OCH3 is 1. The molecule has 2 aliphatic rings. The number of aliphatic imine (C=N–C) groups is 1. The Morgan fingerprint density at radius 2 is 2.07 bits per heavy atom. The molecule has 0 aliphatic carbocycles. The van der Waals surface area contributed by atoms with E-state index in [-0.39, 0.29) is 35.2 Å². The van der Waals surface area contributed by atoms with Gasteiger partial charge < -0.3 is 15.0 Å². The van der Waals surface area contributed by atoms with Gasteiger partial charge in [-0.25, -0.2) is 8.42 Å². The molecule has 0 spiro atoms. The summed E-state index contributed by atoms with van der Waals surface area (Å²) in [6, 6.07) is 13.7. The standard InChI is InChI=1S/C20H20ClN3O4S2/c1-28-16-7-3-6-15(9-16)24-18-12-30(26,27)11-17(18)23-20(24)29-10-19(25)22-14-5-2-4-13(21)8-14/h2-9,17-18H,10-12H2,1H3,(H,22,25)/t17-,18-/m1/s1. The van der Waals surface area contributed by atoms with E-state index in [0.29, 0.717) is 21.6 Å². The normalized spacial score (nSPS) is 21.8. The lowest BCUT2D eigenvalue weighted by molar-refractivity contribution is -0.113. The molecule has 0 aromatic heterocycles. The van der Waals surface area contributed by atoms with Crippen LogP contribution in [0, 0.1) is 0 Å². The second kappa shape index (κ2) is 8.49. The number of hydrogen-bond donors (Lipinski definition) is 1. The number of hydrogen-bond acceptors (Lipinski definition) is 7. The van der Waals surface area contributed by atoms with Crippen LogP contribution in [-0.2, 0) is 14.6 Å². The van der Waals surface area contributed by atoms with Gasteiger partial charge in [0, 0.05) is 22.5 Å². The second-order valence-corrected chi connectivity index (χ2v) is 10.6. The van der Waals surface area contributed by atoms with Gasteiger partial charge in [0.15, 0.2) is 15.0 Å². The van der Waals surface area contributed by atoms with Gasteiger partial charge in [0.2, 0.25) is 5.91 Å². The maximum atomic E-state index is 12.4. The summed E-state index contributed by atoms with van der Waals surface area (Å²) < 4.78 is 29.6. The first-order valence-corrected chi connectivity index (χ1v) is 12.4. The van der Waals surface area contributed by atoms with E-state index in [1.165, 1.54) is 11.8 Å². The molecule has 4 rings (SSSR count). The molecule has 7 nitrogen and oxygen atoms in total. The van der Waals surface area contributed by atoms with Gasteiger partial charge in [-0.1, -0.05) is 35.5 Å². The average molecular weight is 466 g/mol. The number of carbonyl (C=O) groups is 1. The maximum Gasteiger partial charge on any atom is 0.234 e. The van der Waals surface area contributed by atoms with Crippen molar-refractivity contribution in [3.8, 4) is 5.75 Å². The second-order valence-electron chi connectivity index (χ2n) is 7.04. The number of anilines is 2. The number of halogens is 1. The van der Waals surface area contributed by atoms with Crippen molar-refractivity contribution in [2.75, 3.05) is 34.6 Å². The van der Waals surface area contributed by atoms with Crippen LogP contribution >= 0.6 is 23.4 Å². The topological polar surface area (TPSA) is 88.1 Å². The van der Waals surface area contributed by atoms with Crippen molar-refractivity contribution in [1.29, 1.82) is 0 Å². The van der Waals surface area contributed by atoms with Crippen LogP contribution in [0.3, 0.4) is 0 Å². The van der Waals surface area contributed by atoms with Crippen molar-refractivity contribution in [3.63, 3.8) is 0 Å². The summed E-state index contributed by atoms with van der Waals surface area (Å²) in [5.74, 6) is 0.673. The number of thioether (sulfide) groups is 1. The molecule has 2 aromatic rings. The van der Waals surface area contributed by atoms with Gasteiger partial charge in [-0.2, -0.15) is 0 Å². The SMILES string of the molecule is COc1cccc(N2C(SCC(=O)Nc3cccc(Cl)c3)=N[C@@H]3CS(=O)(=O)C[C@H]32)c1. The van der Waals surface area contributed by atoms with Gasteiger partial charge >= 0.3 is 0 Å². The summed E-state index contributed by atoms with van der Waals surface area (Å²) in [4.78, 5) is 19.0. The Kier molecular flexibility index (Phi) is 5.95. The predicted molar refractivity (Wildman–Crippen MR) is 122 cm³/mol. The van der Waals surface area contributed by atoms with Crippen LogP contribution in [0.15, 0.2) is 53.5 Å². The molecule has 2 heterocycles. The molecule has 1 saturated heterocycles. The van der Waals surface area contributed by atoms with E-state index in [1.807, 2.05) is 29.2 Å². The Labute approximate surface area is 184 Å². The first kappa shape index (κ1) is 21.0. The summed E-state index contributed by atoms with van der Waals surface area (Å²) in [5.41, 5.74) is 1.41. The predicted octanol–water partition coefficient (Wildman–Crippen LogP) is 3.06. The molecular formula is C20H20ClN3O4S2. The summed E-state index contributed by atoms with van der Waals surface area (Å²) in [5, 5.41) is 3.98. The number of amidine groups is 1. The zero-order valence-corrected chi connectivity index (χ0v) is 18.5. The average Bonchev–Trinajstić information content (AvgIpc) is 3.17. The maximum absolute atomic E-state index is 12.4. The molecule has 2 aliphatic heterocycles. The number of sulfone groups is 1. The Hall–Kier alpha value is -2.23. The molecule has 0 unspecified atom stereocenters. The van der Waals surface area contributed by atoms with Crippen molar-refractivity contribution in [3.05, 3.63) is 53.6 Å². The minimum Gasteiger partial charge on any atom is -0.497 e. The number of ether oxygens (including phenoxy) is 1. The number of nitrogens with zero attached hydrogens (tertiary/aromatic N) is 2. The number of benzene rings is 2. The zero-order valence-electron chi connectivity index (χ0n) is 16.1. The van der Waals surface area contributed by atoms with Crippen LogP contribution in [0.1, 0.15) is 0 Å². The van der Waals surface area contributed by atoms with Crippen LogP contribution < -0.4 is 15.0 Å². The highest BCUT2D eigenvalue weighted by molar-refractivity contribution is 8.14. The van der Waals surface area contributed by atoms with Crippen LogP contribution in [0.2, 0.25) is 5.02 Å². The molecule has 1 N–H and O–H groups in total. The molecule has 2 aromatic carbocycles. The molecule has 10 heteroatoms. The third-order valence-electron chi connectivity index (χ3n) is 4.88. The number of rotatable bonds is 5. The van der Waals surface area contributed by atoms with Crippen molar-refractivity contribution in [1.82, 2.24) is 0 Å². The van der Waals surface area contributed by atoms with Crippen LogP contribution in [0.25, 0.3) is 0 Å². The van der Waals surface area contributed by atoms with E-state index in [4.69, 9.17) is 16.3 Å². The Bertz CT molecular complexity index is 1110. The third kappa shape index (κ3) is 4.58. The summed E-state index contributed by atoms with van der Waals surface area (Å²) >= 11 is 7.24. The zero-order chi connectivity index (χ0) is 21.3. The quantitative estimate of drug-likeness (QED) is 0.730. The van der Waals surface area contributed by atoms with Crippen molar-refractivity contribution < 1.29 is 17.9 Å². The fourth-order valence-corrected chi connectivity index (χ4v) is 6.55. The van der Waals surface area contributed by atoms with E-state index >= 15 is 0 Å². The van der Waals surface area contributed by atoms with Crippen LogP contribution in [-0.4, -0.2) is 55.9 Å². The monoisotopic (exact) mass is 465 g/mol. The van der Waals surface area contributed by atoms with Gasteiger partial charge in [0.1, 0.15) is 5.75 Å². The minimum absolute atomic E-state index is 0.0247. The van der Waals surface area contributed by atoms with Gasteiger partial charge in [0.05, 0.1) is 36.5 Å². The van der Waals surface area contributed by atoms with Gasteiger partial charge in [-0.3, -0.25) is 9.79 Å². The fraction of sp³-hybridized carbons (Fsp3) is 0.300. The highest BCUT2D eigenvalue weighted by atomic mass is 35.5. The molecule has 0 bridgehead atoms.